The van der Waals surface area contributed by atoms with E-state index in [9.17, 15) is 0 Å². The van der Waals surface area contributed by atoms with Gasteiger partial charge in [0.2, 0.25) is 0 Å². The van der Waals surface area contributed by atoms with Gasteiger partial charge in [-0.3, -0.25) is 4.99 Å². The van der Waals surface area contributed by atoms with Gasteiger partial charge in [-0.2, -0.15) is 0 Å². The molecule has 3 rings (SSSR count). The maximum atomic E-state index is 5.41. The number of methoxy groups -OCH3 is 1. The average molecular weight is 315 g/mol. The van der Waals surface area contributed by atoms with Crippen molar-refractivity contribution in [1.29, 1.82) is 0 Å². The summed E-state index contributed by atoms with van der Waals surface area (Å²) >= 11 is 0. The van der Waals surface area contributed by atoms with Gasteiger partial charge in [0.1, 0.15) is 5.75 Å². The molecule has 0 atom stereocenters. The molecule has 0 bridgehead atoms. The zero-order valence-corrected chi connectivity index (χ0v) is 14.4. The van der Waals surface area contributed by atoms with E-state index in [1.54, 1.807) is 7.11 Å². The standard InChI is InChI=1S/C19H29N3O/c1-3-20-18(22-14-19(11-12-19)16-8-9-16)21-13-10-15-6-4-5-7-17(15)23-2/h4-7,16H,3,8-14H2,1-2H3,(H2,20,21,22). The number of para-hydroxylation sites is 1. The summed E-state index contributed by atoms with van der Waals surface area (Å²) in [5, 5.41) is 6.83. The third-order valence-corrected chi connectivity index (χ3v) is 5.11. The lowest BCUT2D eigenvalue weighted by Gasteiger charge is -2.15. The summed E-state index contributed by atoms with van der Waals surface area (Å²) < 4.78 is 5.41. The van der Waals surface area contributed by atoms with E-state index in [2.05, 4.69) is 29.7 Å². The van der Waals surface area contributed by atoms with E-state index in [0.717, 1.165) is 43.7 Å². The molecule has 23 heavy (non-hydrogen) atoms. The maximum absolute atomic E-state index is 5.41. The quantitative estimate of drug-likeness (QED) is 0.573. The molecule has 1 aromatic rings. The normalized spacial score (nSPS) is 19.3. The minimum absolute atomic E-state index is 0.561. The topological polar surface area (TPSA) is 45.7 Å². The average Bonchev–Trinajstić information content (AvgIpc) is 3.46. The van der Waals surface area contributed by atoms with E-state index in [0.29, 0.717) is 5.41 Å². The van der Waals surface area contributed by atoms with Gasteiger partial charge >= 0.3 is 0 Å². The molecule has 0 saturated heterocycles. The lowest BCUT2D eigenvalue weighted by Crippen LogP contribution is -2.38. The van der Waals surface area contributed by atoms with E-state index < -0.39 is 0 Å². The molecule has 2 aliphatic carbocycles. The Labute approximate surface area is 139 Å². The molecule has 1 aromatic carbocycles. The van der Waals surface area contributed by atoms with Crippen LogP contribution >= 0.6 is 0 Å². The molecule has 0 amide bonds. The fourth-order valence-electron chi connectivity index (χ4n) is 3.36. The van der Waals surface area contributed by atoms with Gasteiger partial charge in [-0.05, 0) is 62.0 Å². The summed E-state index contributed by atoms with van der Waals surface area (Å²) in [5.74, 6) is 2.87. The van der Waals surface area contributed by atoms with E-state index in [1.807, 2.05) is 12.1 Å². The van der Waals surface area contributed by atoms with Gasteiger partial charge in [-0.25, -0.2) is 0 Å². The maximum Gasteiger partial charge on any atom is 0.191 e. The predicted octanol–water partition coefficient (Wildman–Crippen LogP) is 2.98. The van der Waals surface area contributed by atoms with Crippen molar-refractivity contribution in [1.82, 2.24) is 10.6 Å². The van der Waals surface area contributed by atoms with Crippen LogP contribution in [-0.2, 0) is 6.42 Å². The van der Waals surface area contributed by atoms with Crippen LogP contribution in [0, 0.1) is 11.3 Å². The molecule has 4 heteroatoms. The van der Waals surface area contributed by atoms with Gasteiger partial charge in [0.15, 0.2) is 5.96 Å². The summed E-state index contributed by atoms with van der Waals surface area (Å²) in [6.07, 6.45) is 6.53. The van der Waals surface area contributed by atoms with Crippen molar-refractivity contribution in [3.63, 3.8) is 0 Å². The van der Waals surface area contributed by atoms with Gasteiger partial charge in [0, 0.05) is 19.6 Å². The van der Waals surface area contributed by atoms with Crippen molar-refractivity contribution in [2.24, 2.45) is 16.3 Å². The van der Waals surface area contributed by atoms with Crippen LogP contribution in [0.2, 0.25) is 0 Å². The second-order valence-corrected chi connectivity index (χ2v) is 6.82. The Hall–Kier alpha value is -1.71. The second kappa shape index (κ2) is 7.24. The van der Waals surface area contributed by atoms with Crippen LogP contribution in [0.3, 0.4) is 0 Å². The molecule has 126 valence electrons. The first-order valence-corrected chi connectivity index (χ1v) is 8.91. The third kappa shape index (κ3) is 4.18. The molecule has 0 heterocycles. The Kier molecular flexibility index (Phi) is 5.09. The molecule has 2 saturated carbocycles. The van der Waals surface area contributed by atoms with E-state index in [-0.39, 0.29) is 0 Å². The molecular formula is C19H29N3O. The largest absolute Gasteiger partial charge is 0.496 e. The first-order valence-electron chi connectivity index (χ1n) is 8.91. The zero-order chi connectivity index (χ0) is 16.1. The van der Waals surface area contributed by atoms with Crippen molar-refractivity contribution >= 4 is 5.96 Å². The van der Waals surface area contributed by atoms with E-state index in [4.69, 9.17) is 9.73 Å². The molecule has 0 radical (unpaired) electrons. The lowest BCUT2D eigenvalue weighted by atomic mass is 10.0. The molecule has 2 aliphatic rings. The van der Waals surface area contributed by atoms with E-state index >= 15 is 0 Å². The summed E-state index contributed by atoms with van der Waals surface area (Å²) in [5.41, 5.74) is 1.79. The minimum atomic E-state index is 0.561. The smallest absolute Gasteiger partial charge is 0.191 e. The summed E-state index contributed by atoms with van der Waals surface area (Å²) in [6.45, 7) is 4.87. The van der Waals surface area contributed by atoms with Crippen LogP contribution in [0.5, 0.6) is 5.75 Å². The van der Waals surface area contributed by atoms with Crippen LogP contribution in [0.4, 0.5) is 0 Å². The highest BCUT2D eigenvalue weighted by molar-refractivity contribution is 5.79. The number of aliphatic imine (C=N–C) groups is 1. The fourth-order valence-corrected chi connectivity index (χ4v) is 3.36. The van der Waals surface area contributed by atoms with Crippen LogP contribution in [0.1, 0.15) is 38.2 Å². The van der Waals surface area contributed by atoms with Crippen molar-refractivity contribution in [2.45, 2.75) is 39.0 Å². The van der Waals surface area contributed by atoms with Crippen molar-refractivity contribution < 1.29 is 4.74 Å². The molecule has 0 aliphatic heterocycles. The van der Waals surface area contributed by atoms with Crippen LogP contribution in [0.15, 0.2) is 29.3 Å². The van der Waals surface area contributed by atoms with Crippen LogP contribution in [0.25, 0.3) is 0 Å². The second-order valence-electron chi connectivity index (χ2n) is 6.82. The number of guanidine groups is 1. The molecular weight excluding hydrogens is 286 g/mol. The van der Waals surface area contributed by atoms with Gasteiger partial charge in [0.05, 0.1) is 7.11 Å². The number of nitrogens with zero attached hydrogens (tertiary/aromatic N) is 1. The first kappa shape index (κ1) is 16.2. The fraction of sp³-hybridized carbons (Fsp3) is 0.632. The number of benzene rings is 1. The zero-order valence-electron chi connectivity index (χ0n) is 14.4. The summed E-state index contributed by atoms with van der Waals surface area (Å²) in [4.78, 5) is 4.85. The van der Waals surface area contributed by atoms with Crippen molar-refractivity contribution in [3.05, 3.63) is 29.8 Å². The lowest BCUT2D eigenvalue weighted by molar-refractivity contribution is 0.409. The number of hydrogen-bond acceptors (Lipinski definition) is 2. The molecule has 0 spiro atoms. The van der Waals surface area contributed by atoms with Gasteiger partial charge in [0.25, 0.3) is 0 Å². The van der Waals surface area contributed by atoms with Gasteiger partial charge in [-0.1, -0.05) is 18.2 Å². The third-order valence-electron chi connectivity index (χ3n) is 5.11. The van der Waals surface area contributed by atoms with Crippen LogP contribution in [-0.4, -0.2) is 32.7 Å². The van der Waals surface area contributed by atoms with Crippen LogP contribution < -0.4 is 15.4 Å². The predicted molar refractivity (Wildman–Crippen MR) is 95.1 cm³/mol. The summed E-state index contributed by atoms with van der Waals surface area (Å²) in [7, 11) is 1.73. The highest BCUT2D eigenvalue weighted by atomic mass is 16.5. The van der Waals surface area contributed by atoms with Crippen molar-refractivity contribution in [3.8, 4) is 5.75 Å². The Balaban J connectivity index is 1.51. The monoisotopic (exact) mass is 315 g/mol. The first-order chi connectivity index (χ1) is 11.3. The Morgan fingerprint density at radius 2 is 2.04 bits per heavy atom. The molecule has 0 unspecified atom stereocenters. The molecule has 2 fully saturated rings. The summed E-state index contributed by atoms with van der Waals surface area (Å²) in [6, 6.07) is 8.20. The highest BCUT2D eigenvalue weighted by Gasteiger charge is 2.53. The molecule has 0 aromatic heterocycles. The molecule has 2 N–H and O–H groups in total. The highest BCUT2D eigenvalue weighted by Crippen LogP contribution is 2.61. The van der Waals surface area contributed by atoms with Gasteiger partial charge in [-0.15, -0.1) is 0 Å². The number of rotatable bonds is 8. The van der Waals surface area contributed by atoms with E-state index in [1.165, 1.54) is 31.2 Å². The number of hydrogen-bond donors (Lipinski definition) is 2. The molecule has 4 nitrogen and oxygen atoms in total. The minimum Gasteiger partial charge on any atom is -0.496 e. The number of nitrogens with one attached hydrogen (secondary N) is 2. The van der Waals surface area contributed by atoms with Crippen molar-refractivity contribution in [2.75, 3.05) is 26.7 Å². The Morgan fingerprint density at radius 1 is 1.26 bits per heavy atom. The number of ether oxygens (including phenoxy) is 1. The van der Waals surface area contributed by atoms with Gasteiger partial charge < -0.3 is 15.4 Å². The Bertz CT molecular complexity index is 547. The Morgan fingerprint density at radius 3 is 2.70 bits per heavy atom. The SMILES string of the molecule is CCNC(=NCC1(C2CC2)CC1)NCCc1ccccc1OC.